The maximum atomic E-state index is 12.7. The van der Waals surface area contributed by atoms with Gasteiger partial charge in [0.2, 0.25) is 0 Å². The van der Waals surface area contributed by atoms with Crippen molar-refractivity contribution in [2.24, 2.45) is 0 Å². The SMILES string of the molecule is CC1CN(/C=C(/C#N)C(=O)NC2CCCCCCCCCCC2)CC(C)O1. The summed E-state index contributed by atoms with van der Waals surface area (Å²) in [5, 5.41) is 12.6. The van der Waals surface area contributed by atoms with Gasteiger partial charge in [-0.2, -0.15) is 5.26 Å². The largest absolute Gasteiger partial charge is 0.372 e. The van der Waals surface area contributed by atoms with Gasteiger partial charge in [-0.15, -0.1) is 0 Å². The lowest BCUT2D eigenvalue weighted by atomic mass is 9.97. The van der Waals surface area contributed by atoms with Crippen LogP contribution in [0.15, 0.2) is 11.8 Å². The summed E-state index contributed by atoms with van der Waals surface area (Å²) in [7, 11) is 0. The van der Waals surface area contributed by atoms with Gasteiger partial charge in [-0.1, -0.05) is 57.8 Å². The zero-order valence-electron chi connectivity index (χ0n) is 17.2. The second-order valence-electron chi connectivity index (χ2n) is 8.30. The van der Waals surface area contributed by atoms with E-state index in [4.69, 9.17) is 4.74 Å². The first-order valence-corrected chi connectivity index (χ1v) is 10.9. The fourth-order valence-electron chi connectivity index (χ4n) is 4.21. The molecule has 0 aromatic carbocycles. The van der Waals surface area contributed by atoms with Crippen LogP contribution in [-0.4, -0.2) is 42.1 Å². The molecule has 0 spiro atoms. The number of amides is 1. The van der Waals surface area contributed by atoms with Gasteiger partial charge in [-0.25, -0.2) is 0 Å². The zero-order valence-corrected chi connectivity index (χ0v) is 17.2. The van der Waals surface area contributed by atoms with Crippen molar-refractivity contribution in [3.63, 3.8) is 0 Å². The molecule has 0 radical (unpaired) electrons. The van der Waals surface area contributed by atoms with Gasteiger partial charge in [0.1, 0.15) is 11.6 Å². The van der Waals surface area contributed by atoms with E-state index in [2.05, 4.69) is 11.4 Å². The van der Waals surface area contributed by atoms with E-state index in [1.165, 1.54) is 44.9 Å². The summed E-state index contributed by atoms with van der Waals surface area (Å²) in [5.74, 6) is -0.221. The third-order valence-corrected chi connectivity index (χ3v) is 5.56. The molecular weight excluding hydrogens is 338 g/mol. The predicted molar refractivity (Wildman–Crippen MR) is 108 cm³/mol. The van der Waals surface area contributed by atoms with Crippen molar-refractivity contribution in [1.29, 1.82) is 5.26 Å². The molecule has 1 aliphatic carbocycles. The first-order chi connectivity index (χ1) is 13.1. The molecule has 152 valence electrons. The maximum absolute atomic E-state index is 12.7. The number of morpholine rings is 1. The Morgan fingerprint density at radius 2 is 1.44 bits per heavy atom. The Labute approximate surface area is 165 Å². The Hall–Kier alpha value is -1.54. The Balaban J connectivity index is 1.92. The third-order valence-electron chi connectivity index (χ3n) is 5.56. The van der Waals surface area contributed by atoms with Crippen LogP contribution in [0.4, 0.5) is 0 Å². The summed E-state index contributed by atoms with van der Waals surface area (Å²) in [6, 6.07) is 2.29. The molecule has 0 aromatic rings. The van der Waals surface area contributed by atoms with Gasteiger partial charge < -0.3 is 15.0 Å². The van der Waals surface area contributed by atoms with Crippen LogP contribution < -0.4 is 5.32 Å². The summed E-state index contributed by atoms with van der Waals surface area (Å²) in [6.07, 6.45) is 15.5. The van der Waals surface area contributed by atoms with Crippen molar-refractivity contribution in [1.82, 2.24) is 10.2 Å². The lowest BCUT2D eigenvalue weighted by molar-refractivity contribution is -0.118. The molecule has 2 fully saturated rings. The van der Waals surface area contributed by atoms with Crippen LogP contribution in [0.2, 0.25) is 0 Å². The molecule has 2 atom stereocenters. The van der Waals surface area contributed by atoms with Crippen molar-refractivity contribution in [2.45, 2.75) is 103 Å². The monoisotopic (exact) mass is 375 g/mol. The van der Waals surface area contributed by atoms with E-state index < -0.39 is 0 Å². The van der Waals surface area contributed by atoms with Crippen LogP contribution in [-0.2, 0) is 9.53 Å². The first-order valence-electron chi connectivity index (χ1n) is 10.9. The highest BCUT2D eigenvalue weighted by atomic mass is 16.5. The quantitative estimate of drug-likeness (QED) is 0.590. The van der Waals surface area contributed by atoms with E-state index in [-0.39, 0.29) is 29.7 Å². The molecule has 1 N–H and O–H groups in total. The minimum atomic E-state index is -0.221. The number of carbonyl (C=O) groups excluding carboxylic acids is 1. The van der Waals surface area contributed by atoms with Crippen LogP contribution in [0.5, 0.6) is 0 Å². The second-order valence-corrected chi connectivity index (χ2v) is 8.30. The number of rotatable bonds is 3. The molecule has 2 unspecified atom stereocenters. The van der Waals surface area contributed by atoms with Gasteiger partial charge in [0, 0.05) is 25.3 Å². The number of carbonyl (C=O) groups is 1. The van der Waals surface area contributed by atoms with E-state index in [1.807, 2.05) is 18.7 Å². The number of ether oxygens (including phenoxy) is 1. The van der Waals surface area contributed by atoms with Crippen LogP contribution in [0.25, 0.3) is 0 Å². The van der Waals surface area contributed by atoms with Gasteiger partial charge >= 0.3 is 0 Å². The summed E-state index contributed by atoms with van der Waals surface area (Å²) in [4.78, 5) is 14.7. The molecule has 1 saturated carbocycles. The Morgan fingerprint density at radius 3 is 1.93 bits per heavy atom. The van der Waals surface area contributed by atoms with Crippen molar-refractivity contribution >= 4 is 5.91 Å². The van der Waals surface area contributed by atoms with Gasteiger partial charge in [0.05, 0.1) is 12.2 Å². The minimum Gasteiger partial charge on any atom is -0.372 e. The molecule has 0 aromatic heterocycles. The number of nitrogens with one attached hydrogen (secondary N) is 1. The van der Waals surface area contributed by atoms with Crippen LogP contribution in [0.1, 0.15) is 84.5 Å². The van der Waals surface area contributed by atoms with E-state index >= 15 is 0 Å². The van der Waals surface area contributed by atoms with Crippen molar-refractivity contribution in [3.8, 4) is 6.07 Å². The predicted octanol–water partition coefficient (Wildman–Crippen LogP) is 4.29. The average molecular weight is 376 g/mol. The normalized spacial score (nSPS) is 27.1. The van der Waals surface area contributed by atoms with Crippen LogP contribution in [0, 0.1) is 11.3 Å². The fraction of sp³-hybridized carbons (Fsp3) is 0.818. The molecule has 1 saturated heterocycles. The molecule has 1 heterocycles. The van der Waals surface area contributed by atoms with E-state index in [9.17, 15) is 10.1 Å². The summed E-state index contributed by atoms with van der Waals surface area (Å²) >= 11 is 0. The van der Waals surface area contributed by atoms with Gasteiger partial charge in [-0.3, -0.25) is 4.79 Å². The number of hydrogen-bond donors (Lipinski definition) is 1. The fourth-order valence-corrected chi connectivity index (χ4v) is 4.21. The highest BCUT2D eigenvalue weighted by Crippen LogP contribution is 2.18. The smallest absolute Gasteiger partial charge is 0.263 e. The summed E-state index contributed by atoms with van der Waals surface area (Å²) in [6.45, 7) is 5.47. The van der Waals surface area contributed by atoms with Crippen molar-refractivity contribution in [3.05, 3.63) is 11.8 Å². The average Bonchev–Trinajstić information content (AvgIpc) is 2.61. The van der Waals surface area contributed by atoms with Gasteiger partial charge in [0.15, 0.2) is 0 Å². The highest BCUT2D eigenvalue weighted by molar-refractivity contribution is 5.97. The Bertz CT molecular complexity index is 504. The molecule has 0 bridgehead atoms. The second kappa shape index (κ2) is 12.0. The van der Waals surface area contributed by atoms with E-state index in [1.54, 1.807) is 6.20 Å². The highest BCUT2D eigenvalue weighted by Gasteiger charge is 2.22. The first kappa shape index (κ1) is 21.8. The summed E-state index contributed by atoms with van der Waals surface area (Å²) < 4.78 is 5.73. The standard InChI is InChI=1S/C22H37N3O2/c1-18-15-25(16-19(2)27-18)17-20(14-23)22(26)24-21-12-10-8-6-4-3-5-7-9-11-13-21/h17-19,21H,3-13,15-16H2,1-2H3,(H,24,26)/b20-17-. The maximum Gasteiger partial charge on any atom is 0.263 e. The van der Waals surface area contributed by atoms with Crippen molar-refractivity contribution in [2.75, 3.05) is 13.1 Å². The van der Waals surface area contributed by atoms with Gasteiger partial charge in [-0.05, 0) is 26.7 Å². The Kier molecular flexibility index (Phi) is 9.69. The third kappa shape index (κ3) is 8.34. The molecular formula is C22H37N3O2. The molecule has 5 heteroatoms. The zero-order chi connectivity index (χ0) is 19.5. The lowest BCUT2D eigenvalue weighted by Gasteiger charge is -2.34. The summed E-state index contributed by atoms with van der Waals surface area (Å²) in [5.41, 5.74) is 0.211. The molecule has 2 aliphatic rings. The topological polar surface area (TPSA) is 65.4 Å². The molecule has 1 aliphatic heterocycles. The van der Waals surface area contributed by atoms with Crippen LogP contribution in [0.3, 0.4) is 0 Å². The number of hydrogen-bond acceptors (Lipinski definition) is 4. The van der Waals surface area contributed by atoms with E-state index in [0.29, 0.717) is 13.1 Å². The number of nitrogens with zero attached hydrogens (tertiary/aromatic N) is 2. The number of nitriles is 1. The molecule has 5 nitrogen and oxygen atoms in total. The van der Waals surface area contributed by atoms with Crippen molar-refractivity contribution < 1.29 is 9.53 Å². The molecule has 2 rings (SSSR count). The van der Waals surface area contributed by atoms with Gasteiger partial charge in [0.25, 0.3) is 5.91 Å². The molecule has 1 amide bonds. The lowest BCUT2D eigenvalue weighted by Crippen LogP contribution is -2.43. The van der Waals surface area contributed by atoms with E-state index in [0.717, 1.165) is 25.7 Å². The minimum absolute atomic E-state index is 0.110. The Morgan fingerprint density at radius 1 is 0.963 bits per heavy atom. The molecule has 27 heavy (non-hydrogen) atoms. The van der Waals surface area contributed by atoms with Crippen LogP contribution >= 0.6 is 0 Å².